The van der Waals surface area contributed by atoms with Gasteiger partial charge in [-0.2, -0.15) is 0 Å². The van der Waals surface area contributed by atoms with Crippen molar-refractivity contribution >= 4 is 0 Å². The Morgan fingerprint density at radius 2 is 2.31 bits per heavy atom. The maximum atomic E-state index is 10.2. The van der Waals surface area contributed by atoms with Gasteiger partial charge < -0.3 is 5.11 Å². The van der Waals surface area contributed by atoms with E-state index in [1.165, 1.54) is 5.56 Å². The first-order chi connectivity index (χ1) is 6.16. The normalized spacial score (nSPS) is 31.8. The number of rotatable bonds is 2. The Kier molecular flexibility index (Phi) is 1.92. The summed E-state index contributed by atoms with van der Waals surface area (Å²) in [6.07, 6.45) is 2.01. The molecule has 2 unspecified atom stereocenters. The van der Waals surface area contributed by atoms with Gasteiger partial charge in [-0.15, -0.1) is 0 Å². The first-order valence-corrected chi connectivity index (χ1v) is 4.96. The first kappa shape index (κ1) is 8.76. The summed E-state index contributed by atoms with van der Waals surface area (Å²) in [5.74, 6) is 0.481. The van der Waals surface area contributed by atoms with Gasteiger partial charge in [0.2, 0.25) is 0 Å². The molecule has 0 bridgehead atoms. The van der Waals surface area contributed by atoms with Gasteiger partial charge in [0, 0.05) is 0 Å². The van der Waals surface area contributed by atoms with Crippen LogP contribution in [0.25, 0.3) is 0 Å². The molecule has 1 fully saturated rings. The summed E-state index contributed by atoms with van der Waals surface area (Å²) in [5.41, 5.74) is 1.83. The van der Waals surface area contributed by atoms with Crippen molar-refractivity contribution in [2.75, 3.05) is 0 Å². The van der Waals surface area contributed by atoms with Gasteiger partial charge in [0.25, 0.3) is 0 Å². The molecule has 1 aliphatic carbocycles. The monoisotopic (exact) mass is 176 g/mol. The predicted molar refractivity (Wildman–Crippen MR) is 53.5 cm³/mol. The van der Waals surface area contributed by atoms with E-state index in [0.717, 1.165) is 18.4 Å². The van der Waals surface area contributed by atoms with Crippen molar-refractivity contribution in [2.24, 2.45) is 5.92 Å². The van der Waals surface area contributed by atoms with E-state index < -0.39 is 5.60 Å². The molecule has 0 saturated heterocycles. The highest BCUT2D eigenvalue weighted by atomic mass is 16.3. The lowest BCUT2D eigenvalue weighted by atomic mass is 10.0. The number of aryl methyl sites for hydroxylation is 1. The van der Waals surface area contributed by atoms with Crippen LogP contribution in [0.5, 0.6) is 0 Å². The number of hydrogen-bond acceptors (Lipinski definition) is 1. The maximum absolute atomic E-state index is 10.2. The third kappa shape index (κ3) is 1.37. The maximum Gasteiger partial charge on any atom is 0.0929 e. The minimum atomic E-state index is -0.499. The Labute approximate surface area is 79.4 Å². The lowest BCUT2D eigenvalue weighted by Gasteiger charge is -2.10. The van der Waals surface area contributed by atoms with Crippen LogP contribution in [-0.2, 0) is 5.60 Å². The Hall–Kier alpha value is -0.820. The molecule has 70 valence electrons. The van der Waals surface area contributed by atoms with Gasteiger partial charge in [0.15, 0.2) is 0 Å². The van der Waals surface area contributed by atoms with Crippen LogP contribution in [0, 0.1) is 12.8 Å². The smallest absolute Gasteiger partial charge is 0.0929 e. The quantitative estimate of drug-likeness (QED) is 0.734. The van der Waals surface area contributed by atoms with E-state index >= 15 is 0 Å². The van der Waals surface area contributed by atoms with Gasteiger partial charge in [-0.1, -0.05) is 43.2 Å². The van der Waals surface area contributed by atoms with Crippen molar-refractivity contribution in [1.29, 1.82) is 0 Å². The zero-order valence-electron chi connectivity index (χ0n) is 8.25. The van der Waals surface area contributed by atoms with Crippen molar-refractivity contribution in [2.45, 2.75) is 32.3 Å². The summed E-state index contributed by atoms with van der Waals surface area (Å²) in [6.45, 7) is 4.20. The van der Waals surface area contributed by atoms with Crippen LogP contribution in [0.4, 0.5) is 0 Å². The molecule has 1 aromatic rings. The molecule has 1 saturated carbocycles. The van der Waals surface area contributed by atoms with Crippen molar-refractivity contribution in [3.63, 3.8) is 0 Å². The predicted octanol–water partition coefficient (Wildman–Crippen LogP) is 2.61. The van der Waals surface area contributed by atoms with Crippen LogP contribution in [0.15, 0.2) is 24.3 Å². The standard InChI is InChI=1S/C12H16O/c1-3-10-8-12(10,13)11-6-4-5-9(2)7-11/h4-7,10,13H,3,8H2,1-2H3. The fraction of sp³-hybridized carbons (Fsp3) is 0.500. The molecule has 2 atom stereocenters. The van der Waals surface area contributed by atoms with Gasteiger partial charge in [-0.25, -0.2) is 0 Å². The van der Waals surface area contributed by atoms with Crippen LogP contribution in [0.3, 0.4) is 0 Å². The summed E-state index contributed by atoms with van der Waals surface area (Å²) in [5, 5.41) is 10.2. The lowest BCUT2D eigenvalue weighted by Crippen LogP contribution is -2.08. The molecule has 1 aromatic carbocycles. The molecule has 1 heteroatoms. The van der Waals surface area contributed by atoms with Gasteiger partial charge >= 0.3 is 0 Å². The highest BCUT2D eigenvalue weighted by Crippen LogP contribution is 2.53. The van der Waals surface area contributed by atoms with Crippen LogP contribution < -0.4 is 0 Å². The summed E-state index contributed by atoms with van der Waals surface area (Å²) >= 11 is 0. The summed E-state index contributed by atoms with van der Waals surface area (Å²) in [6, 6.07) is 8.21. The third-order valence-electron chi connectivity index (χ3n) is 3.08. The van der Waals surface area contributed by atoms with E-state index in [1.54, 1.807) is 0 Å². The second-order valence-electron chi connectivity index (χ2n) is 4.10. The fourth-order valence-electron chi connectivity index (χ4n) is 2.07. The molecule has 0 amide bonds. The SMILES string of the molecule is CCC1CC1(O)c1cccc(C)c1. The average molecular weight is 176 g/mol. The molecule has 1 N–H and O–H groups in total. The summed E-state index contributed by atoms with van der Waals surface area (Å²) < 4.78 is 0. The molecule has 13 heavy (non-hydrogen) atoms. The second kappa shape index (κ2) is 2.85. The topological polar surface area (TPSA) is 20.2 Å². The van der Waals surface area contributed by atoms with Gasteiger partial charge in [0.05, 0.1) is 5.60 Å². The zero-order valence-corrected chi connectivity index (χ0v) is 8.25. The number of aliphatic hydroxyl groups is 1. The zero-order chi connectivity index (χ0) is 9.47. The van der Waals surface area contributed by atoms with Crippen molar-refractivity contribution in [3.05, 3.63) is 35.4 Å². The Balaban J connectivity index is 2.27. The minimum Gasteiger partial charge on any atom is -0.385 e. The summed E-state index contributed by atoms with van der Waals surface area (Å²) in [4.78, 5) is 0. The molecule has 1 aliphatic rings. The summed E-state index contributed by atoms with van der Waals surface area (Å²) in [7, 11) is 0. The van der Waals surface area contributed by atoms with E-state index in [4.69, 9.17) is 0 Å². The Morgan fingerprint density at radius 3 is 2.85 bits per heavy atom. The van der Waals surface area contributed by atoms with Crippen molar-refractivity contribution in [1.82, 2.24) is 0 Å². The average Bonchev–Trinajstić information content (AvgIpc) is 2.79. The Morgan fingerprint density at radius 1 is 1.54 bits per heavy atom. The van der Waals surface area contributed by atoms with E-state index in [-0.39, 0.29) is 0 Å². The van der Waals surface area contributed by atoms with Crippen LogP contribution in [0.1, 0.15) is 30.9 Å². The van der Waals surface area contributed by atoms with Crippen LogP contribution >= 0.6 is 0 Å². The van der Waals surface area contributed by atoms with Crippen LogP contribution in [-0.4, -0.2) is 5.11 Å². The third-order valence-corrected chi connectivity index (χ3v) is 3.08. The largest absolute Gasteiger partial charge is 0.385 e. The van der Waals surface area contributed by atoms with Crippen molar-refractivity contribution in [3.8, 4) is 0 Å². The van der Waals surface area contributed by atoms with E-state index in [2.05, 4.69) is 26.0 Å². The molecular weight excluding hydrogens is 160 g/mol. The number of benzene rings is 1. The van der Waals surface area contributed by atoms with Gasteiger partial charge in [-0.05, 0) is 24.8 Å². The molecule has 2 rings (SSSR count). The van der Waals surface area contributed by atoms with Gasteiger partial charge in [-0.3, -0.25) is 0 Å². The molecule has 0 aliphatic heterocycles. The van der Waals surface area contributed by atoms with E-state index in [0.29, 0.717) is 5.92 Å². The highest BCUT2D eigenvalue weighted by molar-refractivity contribution is 5.32. The van der Waals surface area contributed by atoms with Crippen molar-refractivity contribution < 1.29 is 5.11 Å². The number of hydrogen-bond donors (Lipinski definition) is 1. The molecular formula is C12H16O. The molecule has 0 radical (unpaired) electrons. The second-order valence-corrected chi connectivity index (χ2v) is 4.10. The molecule has 0 aromatic heterocycles. The molecule has 1 nitrogen and oxygen atoms in total. The minimum absolute atomic E-state index is 0.481. The van der Waals surface area contributed by atoms with E-state index in [1.807, 2.05) is 12.1 Å². The molecule has 0 heterocycles. The fourth-order valence-corrected chi connectivity index (χ4v) is 2.07. The highest BCUT2D eigenvalue weighted by Gasteiger charge is 2.52. The molecule has 0 spiro atoms. The van der Waals surface area contributed by atoms with Gasteiger partial charge in [0.1, 0.15) is 0 Å². The lowest BCUT2D eigenvalue weighted by molar-refractivity contribution is 0.130. The van der Waals surface area contributed by atoms with Crippen LogP contribution in [0.2, 0.25) is 0 Å². The first-order valence-electron chi connectivity index (χ1n) is 4.96. The van der Waals surface area contributed by atoms with E-state index in [9.17, 15) is 5.11 Å². The Bertz CT molecular complexity index is 319.